The number of carbonyl (C=O) groups is 1. The molecular formula is C27H26N2O4S. The summed E-state index contributed by atoms with van der Waals surface area (Å²) in [5.41, 5.74) is 4.57. The van der Waals surface area contributed by atoms with E-state index in [9.17, 15) is 4.79 Å². The average molecular weight is 475 g/mol. The van der Waals surface area contributed by atoms with Gasteiger partial charge in [0.25, 0.3) is 5.91 Å². The first kappa shape index (κ1) is 23.4. The van der Waals surface area contributed by atoms with Crippen molar-refractivity contribution in [3.8, 4) is 17.2 Å². The van der Waals surface area contributed by atoms with Crippen molar-refractivity contribution >= 4 is 40.3 Å². The molecule has 3 aromatic carbocycles. The van der Waals surface area contributed by atoms with Crippen molar-refractivity contribution in [3.05, 3.63) is 83.4 Å². The molecule has 34 heavy (non-hydrogen) atoms. The van der Waals surface area contributed by atoms with Crippen LogP contribution in [0.5, 0.6) is 17.2 Å². The van der Waals surface area contributed by atoms with E-state index in [1.54, 1.807) is 56.2 Å². The van der Waals surface area contributed by atoms with Crippen LogP contribution in [0.25, 0.3) is 6.08 Å². The van der Waals surface area contributed by atoms with E-state index in [4.69, 9.17) is 19.2 Å². The van der Waals surface area contributed by atoms with E-state index in [2.05, 4.69) is 0 Å². The van der Waals surface area contributed by atoms with Gasteiger partial charge in [-0.1, -0.05) is 48.2 Å². The number of methoxy groups -OCH3 is 3. The zero-order chi connectivity index (χ0) is 24.1. The molecule has 0 atom stereocenters. The van der Waals surface area contributed by atoms with Gasteiger partial charge >= 0.3 is 0 Å². The van der Waals surface area contributed by atoms with Crippen LogP contribution in [0.15, 0.2) is 71.7 Å². The van der Waals surface area contributed by atoms with E-state index < -0.39 is 0 Å². The minimum Gasteiger partial charge on any atom is -0.493 e. The molecule has 0 saturated carbocycles. The van der Waals surface area contributed by atoms with Crippen molar-refractivity contribution in [2.75, 3.05) is 26.2 Å². The molecule has 7 heteroatoms. The highest BCUT2D eigenvalue weighted by atomic mass is 32.2. The molecule has 0 unspecified atom stereocenters. The second-order valence-corrected chi connectivity index (χ2v) is 8.51. The maximum absolute atomic E-state index is 13.5. The summed E-state index contributed by atoms with van der Waals surface area (Å²) in [7, 11) is 4.68. The molecule has 174 valence electrons. The molecule has 4 rings (SSSR count). The van der Waals surface area contributed by atoms with E-state index in [1.807, 2.05) is 55.5 Å². The summed E-state index contributed by atoms with van der Waals surface area (Å²) in [5.74, 6) is 2.11. The molecule has 0 radical (unpaired) electrons. The van der Waals surface area contributed by atoms with E-state index in [1.165, 1.54) is 6.08 Å². The van der Waals surface area contributed by atoms with Crippen molar-refractivity contribution in [2.24, 2.45) is 4.99 Å². The van der Waals surface area contributed by atoms with Gasteiger partial charge in [-0.15, -0.1) is 0 Å². The third-order valence-electron chi connectivity index (χ3n) is 5.44. The van der Waals surface area contributed by atoms with E-state index >= 15 is 0 Å². The number of hydrogen-bond acceptors (Lipinski definition) is 6. The number of para-hydroxylation sites is 2. The highest BCUT2D eigenvalue weighted by molar-refractivity contribution is 8.13. The standard InChI is InChI=1S/C27H26N2O4S/c1-18-9-5-7-11-21(18)28-27-29(22-12-8-6-10-20(22)17-34-27)25(30)14-13-19-15-23(31-2)26(33-4)24(16-19)32-3/h5-16H,17H2,1-4H3. The Morgan fingerprint density at radius 3 is 2.32 bits per heavy atom. The summed E-state index contributed by atoms with van der Waals surface area (Å²) >= 11 is 1.55. The predicted molar refractivity (Wildman–Crippen MR) is 139 cm³/mol. The maximum Gasteiger partial charge on any atom is 0.257 e. The Hall–Kier alpha value is -3.71. The quantitative estimate of drug-likeness (QED) is 0.410. The van der Waals surface area contributed by atoms with Crippen molar-refractivity contribution in [2.45, 2.75) is 12.7 Å². The Bertz CT molecular complexity index is 1240. The lowest BCUT2D eigenvalue weighted by Crippen LogP contribution is -2.37. The summed E-state index contributed by atoms with van der Waals surface area (Å²) in [4.78, 5) is 20.0. The molecule has 1 amide bonds. The highest BCUT2D eigenvalue weighted by Gasteiger charge is 2.27. The largest absolute Gasteiger partial charge is 0.493 e. The summed E-state index contributed by atoms with van der Waals surface area (Å²) in [6.07, 6.45) is 3.27. The van der Waals surface area contributed by atoms with Gasteiger partial charge in [0, 0.05) is 11.8 Å². The number of rotatable bonds is 6. The van der Waals surface area contributed by atoms with Gasteiger partial charge in [-0.25, -0.2) is 4.99 Å². The van der Waals surface area contributed by atoms with Crippen molar-refractivity contribution < 1.29 is 19.0 Å². The summed E-state index contributed by atoms with van der Waals surface area (Å²) in [5, 5.41) is 0.646. The topological polar surface area (TPSA) is 60.4 Å². The molecule has 1 aliphatic rings. The third-order valence-corrected chi connectivity index (χ3v) is 6.43. The Morgan fingerprint density at radius 2 is 1.65 bits per heavy atom. The fourth-order valence-electron chi connectivity index (χ4n) is 3.69. The molecule has 1 heterocycles. The smallest absolute Gasteiger partial charge is 0.257 e. The van der Waals surface area contributed by atoms with Crippen LogP contribution in [0.3, 0.4) is 0 Å². The zero-order valence-electron chi connectivity index (χ0n) is 19.6. The molecule has 0 N–H and O–H groups in total. The highest BCUT2D eigenvalue weighted by Crippen LogP contribution is 2.39. The third kappa shape index (κ3) is 4.79. The number of aryl methyl sites for hydroxylation is 1. The summed E-state index contributed by atoms with van der Waals surface area (Å²) in [6, 6.07) is 19.4. The lowest BCUT2D eigenvalue weighted by molar-refractivity contribution is -0.113. The Labute approximate surface area is 203 Å². The number of amidine groups is 1. The van der Waals surface area contributed by atoms with Crippen LogP contribution in [-0.2, 0) is 10.5 Å². The molecule has 0 spiro atoms. The first-order valence-electron chi connectivity index (χ1n) is 10.7. The van der Waals surface area contributed by atoms with Crippen molar-refractivity contribution in [1.29, 1.82) is 0 Å². The molecular weight excluding hydrogens is 448 g/mol. The molecule has 0 aromatic heterocycles. The molecule has 0 aliphatic carbocycles. The van der Waals surface area contributed by atoms with E-state index in [-0.39, 0.29) is 5.91 Å². The maximum atomic E-state index is 13.5. The van der Waals surface area contributed by atoms with Gasteiger partial charge in [-0.05, 0) is 54.0 Å². The number of carbonyl (C=O) groups excluding carboxylic acids is 1. The molecule has 0 fully saturated rings. The number of aliphatic imine (C=N–C) groups is 1. The number of nitrogens with zero attached hydrogens (tertiary/aromatic N) is 2. The SMILES string of the molecule is COc1cc(C=CC(=O)N2C(=Nc3ccccc3C)SCc3ccccc32)cc(OC)c1OC. The van der Waals surface area contributed by atoms with E-state index in [0.717, 1.165) is 33.8 Å². The number of fused-ring (bicyclic) bond motifs is 1. The number of amides is 1. The predicted octanol–water partition coefficient (Wildman–Crippen LogP) is 6.00. The first-order valence-corrected chi connectivity index (χ1v) is 11.7. The van der Waals surface area contributed by atoms with Gasteiger partial charge in [-0.3, -0.25) is 9.69 Å². The second kappa shape index (κ2) is 10.5. The fourth-order valence-corrected chi connectivity index (χ4v) is 4.70. The van der Waals surface area contributed by atoms with Gasteiger partial charge in [-0.2, -0.15) is 0 Å². The molecule has 3 aromatic rings. The minimum atomic E-state index is -0.194. The van der Waals surface area contributed by atoms with Crippen LogP contribution in [-0.4, -0.2) is 32.4 Å². The van der Waals surface area contributed by atoms with Crippen molar-refractivity contribution in [3.63, 3.8) is 0 Å². The van der Waals surface area contributed by atoms with E-state index in [0.29, 0.717) is 22.4 Å². The number of thioether (sulfide) groups is 1. The summed E-state index contributed by atoms with van der Waals surface area (Å²) in [6.45, 7) is 2.01. The second-order valence-electron chi connectivity index (χ2n) is 7.56. The normalized spacial score (nSPS) is 14.2. The fraction of sp³-hybridized carbons (Fsp3) is 0.185. The lowest BCUT2D eigenvalue weighted by atomic mass is 10.1. The van der Waals surface area contributed by atoms with Gasteiger partial charge in [0.2, 0.25) is 5.75 Å². The zero-order valence-corrected chi connectivity index (χ0v) is 20.4. The average Bonchev–Trinajstić information content (AvgIpc) is 2.87. The number of anilines is 1. The van der Waals surface area contributed by atoms with Gasteiger partial charge < -0.3 is 14.2 Å². The van der Waals surface area contributed by atoms with Crippen LogP contribution in [0.4, 0.5) is 11.4 Å². The van der Waals surface area contributed by atoms with Crippen LogP contribution in [0.2, 0.25) is 0 Å². The summed E-state index contributed by atoms with van der Waals surface area (Å²) < 4.78 is 16.2. The van der Waals surface area contributed by atoms with Crippen LogP contribution in [0.1, 0.15) is 16.7 Å². The van der Waals surface area contributed by atoms with Crippen LogP contribution in [0, 0.1) is 6.92 Å². The Balaban J connectivity index is 1.72. The van der Waals surface area contributed by atoms with Crippen LogP contribution < -0.4 is 19.1 Å². The number of hydrogen-bond donors (Lipinski definition) is 0. The monoisotopic (exact) mass is 474 g/mol. The lowest BCUT2D eigenvalue weighted by Gasteiger charge is -2.29. The number of benzene rings is 3. The Morgan fingerprint density at radius 1 is 0.971 bits per heavy atom. The van der Waals surface area contributed by atoms with Crippen molar-refractivity contribution in [1.82, 2.24) is 0 Å². The van der Waals surface area contributed by atoms with Crippen LogP contribution >= 0.6 is 11.8 Å². The molecule has 1 aliphatic heterocycles. The molecule has 6 nitrogen and oxygen atoms in total. The number of ether oxygens (including phenoxy) is 3. The van der Waals surface area contributed by atoms with Gasteiger partial charge in [0.05, 0.1) is 32.7 Å². The Kier molecular flexibility index (Phi) is 7.23. The molecule has 0 saturated heterocycles. The van der Waals surface area contributed by atoms with Gasteiger partial charge in [0.15, 0.2) is 16.7 Å². The minimum absolute atomic E-state index is 0.194. The van der Waals surface area contributed by atoms with Gasteiger partial charge in [0.1, 0.15) is 0 Å². The molecule has 0 bridgehead atoms. The first-order chi connectivity index (χ1) is 16.5.